The Hall–Kier alpha value is -0.570. The first kappa shape index (κ1) is 11.9. The van der Waals surface area contributed by atoms with Crippen LogP contribution in [0.1, 0.15) is 36.5 Å². The molecule has 0 amide bonds. The Morgan fingerprint density at radius 3 is 2.88 bits per heavy atom. The minimum absolute atomic E-state index is 0.0764. The molecule has 0 radical (unpaired) electrons. The summed E-state index contributed by atoms with van der Waals surface area (Å²) in [6, 6.07) is 5.69. The molecule has 1 N–H and O–H groups in total. The molecule has 3 heteroatoms. The quantitative estimate of drug-likeness (QED) is 0.860. The number of benzene rings is 1. The van der Waals surface area contributed by atoms with Crippen molar-refractivity contribution in [1.82, 2.24) is 0 Å². The lowest BCUT2D eigenvalue weighted by molar-refractivity contribution is -0.0633. The molecule has 88 valence electrons. The maximum atomic E-state index is 10.2. The molecule has 0 saturated carbocycles. The fraction of sp³-hybridized carbons (Fsp3) is 0.538. The van der Waals surface area contributed by atoms with Crippen LogP contribution in [0.4, 0.5) is 0 Å². The van der Waals surface area contributed by atoms with Gasteiger partial charge in [0.2, 0.25) is 0 Å². The average Bonchev–Trinajstić information content (AvgIpc) is 2.33. The topological polar surface area (TPSA) is 29.5 Å². The second-order valence-electron chi connectivity index (χ2n) is 4.36. The molecule has 1 saturated heterocycles. The maximum absolute atomic E-state index is 10.2. The van der Waals surface area contributed by atoms with Gasteiger partial charge in [-0.15, -0.1) is 0 Å². The Bertz CT molecular complexity index is 359. The van der Waals surface area contributed by atoms with Crippen molar-refractivity contribution in [2.45, 2.75) is 38.4 Å². The van der Waals surface area contributed by atoms with Gasteiger partial charge in [-0.25, -0.2) is 0 Å². The molecular formula is C13H17ClO2. The molecule has 1 heterocycles. The summed E-state index contributed by atoms with van der Waals surface area (Å²) in [6.07, 6.45) is 2.51. The molecule has 1 aliphatic rings. The van der Waals surface area contributed by atoms with Gasteiger partial charge in [-0.05, 0) is 43.4 Å². The van der Waals surface area contributed by atoms with E-state index in [0.29, 0.717) is 5.02 Å². The number of ether oxygens (including phenoxy) is 1. The summed E-state index contributed by atoms with van der Waals surface area (Å²) >= 11 is 6.04. The zero-order valence-electron chi connectivity index (χ0n) is 9.45. The van der Waals surface area contributed by atoms with Crippen LogP contribution < -0.4 is 0 Å². The SMILES string of the molecule is Cc1ccc(C(O)C2CCCCO2)cc1Cl. The average molecular weight is 241 g/mol. The van der Waals surface area contributed by atoms with Crippen molar-refractivity contribution in [2.75, 3.05) is 6.61 Å². The number of hydrogen-bond donors (Lipinski definition) is 1. The van der Waals surface area contributed by atoms with E-state index in [4.69, 9.17) is 16.3 Å². The van der Waals surface area contributed by atoms with Gasteiger partial charge in [0.25, 0.3) is 0 Å². The number of rotatable bonds is 2. The zero-order chi connectivity index (χ0) is 11.5. The number of aryl methyl sites for hydroxylation is 1. The summed E-state index contributed by atoms with van der Waals surface area (Å²) in [6.45, 7) is 2.71. The van der Waals surface area contributed by atoms with Crippen molar-refractivity contribution in [3.8, 4) is 0 Å². The normalized spacial score (nSPS) is 23.1. The smallest absolute Gasteiger partial charge is 0.105 e. The minimum atomic E-state index is -0.557. The van der Waals surface area contributed by atoms with Gasteiger partial charge in [0.1, 0.15) is 6.10 Å². The molecule has 0 bridgehead atoms. The van der Waals surface area contributed by atoms with Crippen LogP contribution in [0.5, 0.6) is 0 Å². The van der Waals surface area contributed by atoms with Crippen LogP contribution in [0.3, 0.4) is 0 Å². The third-order valence-electron chi connectivity index (χ3n) is 3.10. The molecule has 2 unspecified atom stereocenters. The molecule has 0 aromatic heterocycles. The van der Waals surface area contributed by atoms with Crippen molar-refractivity contribution in [1.29, 1.82) is 0 Å². The third kappa shape index (κ3) is 2.57. The molecule has 16 heavy (non-hydrogen) atoms. The van der Waals surface area contributed by atoms with Crippen LogP contribution in [0, 0.1) is 6.92 Å². The Morgan fingerprint density at radius 1 is 1.44 bits per heavy atom. The fourth-order valence-electron chi connectivity index (χ4n) is 2.02. The maximum Gasteiger partial charge on any atom is 0.105 e. The summed E-state index contributed by atoms with van der Waals surface area (Å²) in [7, 11) is 0. The van der Waals surface area contributed by atoms with E-state index < -0.39 is 6.10 Å². The highest BCUT2D eigenvalue weighted by Crippen LogP contribution is 2.28. The monoisotopic (exact) mass is 240 g/mol. The second-order valence-corrected chi connectivity index (χ2v) is 4.77. The highest BCUT2D eigenvalue weighted by Gasteiger charge is 2.24. The van der Waals surface area contributed by atoms with E-state index in [9.17, 15) is 5.11 Å². The minimum Gasteiger partial charge on any atom is -0.386 e. The largest absolute Gasteiger partial charge is 0.386 e. The molecular weight excluding hydrogens is 224 g/mol. The van der Waals surface area contributed by atoms with Crippen LogP contribution >= 0.6 is 11.6 Å². The molecule has 2 nitrogen and oxygen atoms in total. The lowest BCUT2D eigenvalue weighted by Crippen LogP contribution is -2.26. The van der Waals surface area contributed by atoms with E-state index in [2.05, 4.69) is 0 Å². The van der Waals surface area contributed by atoms with Gasteiger partial charge in [-0.1, -0.05) is 23.7 Å². The molecule has 1 aromatic rings. The van der Waals surface area contributed by atoms with Crippen molar-refractivity contribution in [3.63, 3.8) is 0 Å². The van der Waals surface area contributed by atoms with E-state index in [1.807, 2.05) is 25.1 Å². The Labute approximate surface area is 101 Å². The second kappa shape index (κ2) is 5.17. The van der Waals surface area contributed by atoms with Crippen LogP contribution in [-0.2, 0) is 4.74 Å². The Kier molecular flexibility index (Phi) is 3.85. The van der Waals surface area contributed by atoms with Crippen LogP contribution in [0.25, 0.3) is 0 Å². The summed E-state index contributed by atoms with van der Waals surface area (Å²) in [5.74, 6) is 0. The van der Waals surface area contributed by atoms with Gasteiger partial charge < -0.3 is 9.84 Å². The number of hydrogen-bond acceptors (Lipinski definition) is 2. The van der Waals surface area contributed by atoms with E-state index >= 15 is 0 Å². The summed E-state index contributed by atoms with van der Waals surface area (Å²) in [4.78, 5) is 0. The van der Waals surface area contributed by atoms with Crippen LogP contribution in [0.2, 0.25) is 5.02 Å². The number of aliphatic hydroxyl groups is 1. The summed E-state index contributed by atoms with van der Waals surface area (Å²) in [5, 5.41) is 10.9. The van der Waals surface area contributed by atoms with Gasteiger partial charge in [-0.2, -0.15) is 0 Å². The first-order valence-electron chi connectivity index (χ1n) is 5.74. The first-order chi connectivity index (χ1) is 7.68. The molecule has 1 fully saturated rings. The van der Waals surface area contributed by atoms with Crippen LogP contribution in [-0.4, -0.2) is 17.8 Å². The third-order valence-corrected chi connectivity index (χ3v) is 3.51. The van der Waals surface area contributed by atoms with Crippen molar-refractivity contribution >= 4 is 11.6 Å². The highest BCUT2D eigenvalue weighted by molar-refractivity contribution is 6.31. The predicted molar refractivity (Wildman–Crippen MR) is 64.7 cm³/mol. The van der Waals surface area contributed by atoms with Crippen molar-refractivity contribution in [2.24, 2.45) is 0 Å². The van der Waals surface area contributed by atoms with Crippen LogP contribution in [0.15, 0.2) is 18.2 Å². The van der Waals surface area contributed by atoms with E-state index in [1.165, 1.54) is 0 Å². The zero-order valence-corrected chi connectivity index (χ0v) is 10.2. The van der Waals surface area contributed by atoms with Gasteiger partial charge in [0.15, 0.2) is 0 Å². The lowest BCUT2D eigenvalue weighted by Gasteiger charge is -2.27. The number of aliphatic hydroxyl groups excluding tert-OH is 1. The van der Waals surface area contributed by atoms with Gasteiger partial charge in [0.05, 0.1) is 6.10 Å². The fourth-order valence-corrected chi connectivity index (χ4v) is 2.21. The predicted octanol–water partition coefficient (Wildman–Crippen LogP) is 3.25. The van der Waals surface area contributed by atoms with E-state index in [1.54, 1.807) is 0 Å². The van der Waals surface area contributed by atoms with Crippen molar-refractivity contribution in [3.05, 3.63) is 34.3 Å². The van der Waals surface area contributed by atoms with Gasteiger partial charge >= 0.3 is 0 Å². The number of halogens is 1. The first-order valence-corrected chi connectivity index (χ1v) is 6.12. The Morgan fingerprint density at radius 2 is 2.25 bits per heavy atom. The molecule has 2 atom stereocenters. The lowest BCUT2D eigenvalue weighted by atomic mass is 9.97. The molecule has 1 aromatic carbocycles. The van der Waals surface area contributed by atoms with E-state index in [-0.39, 0.29) is 6.10 Å². The van der Waals surface area contributed by atoms with Crippen molar-refractivity contribution < 1.29 is 9.84 Å². The van der Waals surface area contributed by atoms with Gasteiger partial charge in [0, 0.05) is 11.6 Å². The standard InChI is InChI=1S/C13H17ClO2/c1-9-5-6-10(8-11(9)14)13(15)12-4-2-3-7-16-12/h5-6,8,12-13,15H,2-4,7H2,1H3. The molecule has 1 aliphatic heterocycles. The van der Waals surface area contributed by atoms with Gasteiger partial charge in [-0.3, -0.25) is 0 Å². The summed E-state index contributed by atoms with van der Waals surface area (Å²) in [5.41, 5.74) is 1.88. The summed E-state index contributed by atoms with van der Waals surface area (Å²) < 4.78 is 5.57. The van der Waals surface area contributed by atoms with E-state index in [0.717, 1.165) is 37.0 Å². The highest BCUT2D eigenvalue weighted by atomic mass is 35.5. The molecule has 0 aliphatic carbocycles. The Balaban J connectivity index is 2.12. The molecule has 2 rings (SSSR count). The molecule has 0 spiro atoms.